The zero-order chi connectivity index (χ0) is 19.9. The second-order valence-corrected chi connectivity index (χ2v) is 8.51. The molecule has 0 radical (unpaired) electrons. The molecular weight excluding hydrogens is 613 g/mol. The molecule has 0 aliphatic carbocycles. The molecule has 0 amide bonds. The number of hydrogen-bond donors (Lipinski definition) is 5. The van der Waals surface area contributed by atoms with Crippen LogP contribution in [0.4, 0.5) is 0 Å². The molecule has 0 saturated heterocycles. The minimum atomic E-state index is -5.68. The van der Waals surface area contributed by atoms with E-state index in [0.717, 1.165) is 0 Å². The first-order valence-corrected chi connectivity index (χ1v) is 11.2. The predicted molar refractivity (Wildman–Crippen MR) is 58.5 cm³/mol. The summed E-state index contributed by atoms with van der Waals surface area (Å²) in [5.74, 6) is 0. The van der Waals surface area contributed by atoms with E-state index in [9.17, 15) is 47.6 Å². The Morgan fingerprint density at radius 3 is 0.581 bits per heavy atom. The molecule has 0 fully saturated rings. The summed E-state index contributed by atoms with van der Waals surface area (Å²) in [6.45, 7) is 0. The van der Waals surface area contributed by atoms with Crippen LogP contribution in [-0.4, -0.2) is 35.4 Å². The van der Waals surface area contributed by atoms with Gasteiger partial charge in [-0.2, -0.15) is 0 Å². The molecule has 0 spiro atoms. The van der Waals surface area contributed by atoms with Crippen LogP contribution in [0.15, 0.2) is 0 Å². The van der Waals surface area contributed by atoms with Crippen molar-refractivity contribution in [3.63, 3.8) is 0 Å². The fourth-order valence-corrected chi connectivity index (χ4v) is 2.27. The summed E-state index contributed by atoms with van der Waals surface area (Å²) >= 11 is 0. The SMILES string of the molecule is O.O.O=P(O)(O)O.O=P([O-])([O-])OP(=O)(O)O.O=P([O-])([O-])OP(=O)([O-])[O-].[Na+].[Na+].[Na+].[Na+].[Na+].[Na+]. The van der Waals surface area contributed by atoms with Crippen molar-refractivity contribution in [3.05, 3.63) is 0 Å². The first kappa shape index (κ1) is 71.2. The summed E-state index contributed by atoms with van der Waals surface area (Å²) in [5.41, 5.74) is 0. The molecule has 0 unspecified atom stereocenters. The van der Waals surface area contributed by atoms with Crippen molar-refractivity contribution in [1.82, 2.24) is 0 Å². The van der Waals surface area contributed by atoms with Crippen LogP contribution < -0.4 is 207 Å². The van der Waals surface area contributed by atoms with E-state index >= 15 is 0 Å². The molecule has 0 bridgehead atoms. The Kier molecular flexibility index (Phi) is 71.4. The van der Waals surface area contributed by atoms with E-state index in [1.54, 1.807) is 0 Å². The number of hydrogen-bond acceptors (Lipinski definition) is 13. The van der Waals surface area contributed by atoms with E-state index in [1.807, 2.05) is 0 Å². The van der Waals surface area contributed by atoms with Gasteiger partial charge in [0.25, 0.3) is 0 Å². The van der Waals surface area contributed by atoms with Gasteiger partial charge in [0, 0.05) is 0 Å². The maximum atomic E-state index is 9.55. The fraction of sp³-hybridized carbons (Fsp3) is 0. The van der Waals surface area contributed by atoms with Crippen LogP contribution in [0.3, 0.4) is 0 Å². The smallest absolute Gasteiger partial charge is 0.790 e. The van der Waals surface area contributed by atoms with Crippen LogP contribution in [-0.2, 0) is 31.4 Å². The van der Waals surface area contributed by atoms with Gasteiger partial charge in [-0.3, -0.25) is 4.31 Å². The third-order valence-corrected chi connectivity index (χ3v) is 3.66. The molecule has 9 N–H and O–H groups in total. The normalized spacial score (nSPS) is 9.90. The molecule has 0 aromatic heterocycles. The minimum Gasteiger partial charge on any atom is -0.790 e. The Balaban J connectivity index is -0.0000000196. The molecule has 160 valence electrons. The molecule has 0 aliphatic heterocycles. The Morgan fingerprint density at radius 1 is 0.452 bits per heavy atom. The summed E-state index contributed by atoms with van der Waals surface area (Å²) in [5, 5.41) is 0. The van der Waals surface area contributed by atoms with E-state index < -0.39 is 39.1 Å². The number of rotatable bonds is 4. The van der Waals surface area contributed by atoms with Gasteiger partial charge in [-0.25, -0.2) is 9.13 Å². The maximum absolute atomic E-state index is 9.55. The molecule has 0 aromatic rings. The van der Waals surface area contributed by atoms with Crippen molar-refractivity contribution < 1.29 is 274 Å². The van der Waals surface area contributed by atoms with Crippen LogP contribution in [0.2, 0.25) is 0 Å². The maximum Gasteiger partial charge on any atom is 1.00 e. The Morgan fingerprint density at radius 2 is 0.581 bits per heavy atom. The topological polar surface area (TPSA) is 406 Å². The largest absolute Gasteiger partial charge is 1.00 e. The molecule has 20 nitrogen and oxygen atoms in total. The van der Waals surface area contributed by atoms with Crippen molar-refractivity contribution in [2.45, 2.75) is 0 Å². The second-order valence-electron chi connectivity index (χ2n) is 2.51. The molecule has 31 heteroatoms. The summed E-state index contributed by atoms with van der Waals surface area (Å²) in [6, 6.07) is 0. The van der Waals surface area contributed by atoms with Gasteiger partial charge in [-0.05, 0) is 0 Å². The van der Waals surface area contributed by atoms with Crippen LogP contribution in [0.5, 0.6) is 0 Å². The van der Waals surface area contributed by atoms with Gasteiger partial charge in [0.2, 0.25) is 0 Å². The zero-order valence-corrected chi connectivity index (χ0v) is 33.3. The minimum absolute atomic E-state index is 0. The van der Waals surface area contributed by atoms with Crippen LogP contribution in [0.25, 0.3) is 0 Å². The zero-order valence-electron chi connectivity index (χ0n) is 16.8. The Bertz CT molecular complexity index is 483. The van der Waals surface area contributed by atoms with Crippen LogP contribution in [0.1, 0.15) is 0 Å². The van der Waals surface area contributed by atoms with Crippen molar-refractivity contribution in [1.29, 1.82) is 0 Å². The summed E-state index contributed by atoms with van der Waals surface area (Å²) in [4.78, 5) is 93.0. The van der Waals surface area contributed by atoms with Gasteiger partial charge in [-0.1, -0.05) is 0 Å². The quantitative estimate of drug-likeness (QED) is 0.143. The van der Waals surface area contributed by atoms with Crippen molar-refractivity contribution in [2.75, 3.05) is 0 Å². The van der Waals surface area contributed by atoms with E-state index in [0.29, 0.717) is 0 Å². The molecule has 0 heterocycles. The average Bonchev–Trinajstić information content (AvgIpc) is 1.81. The fourth-order valence-electron chi connectivity index (χ4n) is 0.253. The Hall–Kier alpha value is 6.55. The molecule has 0 rings (SSSR count). The van der Waals surface area contributed by atoms with E-state index in [1.165, 1.54) is 0 Å². The van der Waals surface area contributed by atoms with Gasteiger partial charge in [0.1, 0.15) is 0 Å². The van der Waals surface area contributed by atoms with Gasteiger partial charge in [0.05, 0.1) is 23.5 Å². The van der Waals surface area contributed by atoms with Crippen molar-refractivity contribution in [2.24, 2.45) is 0 Å². The van der Waals surface area contributed by atoms with E-state index in [-0.39, 0.29) is 188 Å². The average molecular weight is 622 g/mol. The molecule has 0 aliphatic rings. The second kappa shape index (κ2) is 31.1. The first-order valence-electron chi connectivity index (χ1n) is 3.74. The molecular formula is H9Na6O20P5. The molecule has 0 saturated carbocycles. The van der Waals surface area contributed by atoms with E-state index in [2.05, 4.69) is 8.62 Å². The summed E-state index contributed by atoms with van der Waals surface area (Å²) in [7, 11) is -26.7. The molecule has 0 atom stereocenters. The van der Waals surface area contributed by atoms with Crippen LogP contribution >= 0.6 is 39.1 Å². The molecule has 0 aromatic carbocycles. The van der Waals surface area contributed by atoms with E-state index in [4.69, 9.17) is 29.0 Å². The van der Waals surface area contributed by atoms with Crippen molar-refractivity contribution >= 4 is 39.1 Å². The summed E-state index contributed by atoms with van der Waals surface area (Å²) < 4.78 is 51.7. The third kappa shape index (κ3) is 127. The predicted octanol–water partition coefficient (Wildman–Crippen LogP) is -26.0. The van der Waals surface area contributed by atoms with Gasteiger partial charge < -0.3 is 82.8 Å². The van der Waals surface area contributed by atoms with Gasteiger partial charge in [-0.15, -0.1) is 0 Å². The standard InChI is InChI=1S/6Na.2H4O7P2.H3O4P.2H2O/c;;;;;;2*1-8(2,3)7-9(4,5)6;1-5(2,3)4;;/h;;;;;;2*(H2,1,2,3)(H2,4,5,6);(H3,1,2,3,4);2*1H2/q6*+1;;;;;/p-6. The van der Waals surface area contributed by atoms with Gasteiger partial charge >= 0.3 is 193 Å². The third-order valence-electron chi connectivity index (χ3n) is 0.406. The summed E-state index contributed by atoms with van der Waals surface area (Å²) in [6.07, 6.45) is 0. The van der Waals surface area contributed by atoms with Crippen LogP contribution in [0, 0.1) is 0 Å². The molecule has 31 heavy (non-hydrogen) atoms. The monoisotopic (exact) mass is 622 g/mol. The Labute approximate surface area is 307 Å². The number of phosphoric acid groups is 5. The van der Waals surface area contributed by atoms with Crippen molar-refractivity contribution in [3.8, 4) is 0 Å². The van der Waals surface area contributed by atoms with Gasteiger partial charge in [0.15, 0.2) is 0 Å². The first-order chi connectivity index (χ1) is 9.41.